The van der Waals surface area contributed by atoms with Gasteiger partial charge in [-0.15, -0.1) is 0 Å². The van der Waals surface area contributed by atoms with Gasteiger partial charge in [0.25, 0.3) is 0 Å². The summed E-state index contributed by atoms with van der Waals surface area (Å²) < 4.78 is 11.2. The quantitative estimate of drug-likeness (QED) is 0.639. The van der Waals surface area contributed by atoms with Gasteiger partial charge in [-0.3, -0.25) is 9.00 Å². The summed E-state index contributed by atoms with van der Waals surface area (Å²) in [6.07, 6.45) is 3.03. The van der Waals surface area contributed by atoms with E-state index in [1.807, 2.05) is 6.92 Å². The molecule has 7 heteroatoms. The lowest BCUT2D eigenvalue weighted by Crippen LogP contribution is -2.16. The van der Waals surface area contributed by atoms with Crippen LogP contribution in [0.5, 0.6) is 0 Å². The zero-order valence-electron chi connectivity index (χ0n) is 10.6. The Morgan fingerprint density at radius 3 is 2.72 bits per heavy atom. The molecule has 1 N–H and O–H groups in total. The fourth-order valence-corrected chi connectivity index (χ4v) is 2.05. The summed E-state index contributed by atoms with van der Waals surface area (Å²) in [4.78, 5) is 19.0. The lowest BCUT2D eigenvalue weighted by molar-refractivity contribution is 0.112. The van der Waals surface area contributed by atoms with Gasteiger partial charge in [-0.05, 0) is 13.3 Å². The van der Waals surface area contributed by atoms with Crippen LogP contribution in [0.25, 0.3) is 0 Å². The normalized spacial score (nSPS) is 14.0. The zero-order chi connectivity index (χ0) is 13.7. The van der Waals surface area contributed by atoms with Crippen LogP contribution in [0.3, 0.4) is 0 Å². The lowest BCUT2D eigenvalue weighted by Gasteiger charge is -2.11. The smallest absolute Gasteiger partial charge is 0.156 e. The maximum Gasteiger partial charge on any atom is 0.156 e. The van der Waals surface area contributed by atoms with Gasteiger partial charge in [-0.2, -0.15) is 0 Å². The third kappa shape index (κ3) is 4.03. The third-order valence-electron chi connectivity index (χ3n) is 2.54. The van der Waals surface area contributed by atoms with Crippen LogP contribution in [0.4, 0.5) is 5.82 Å². The Hall–Kier alpha value is -1.01. The maximum atomic E-state index is 11.2. The van der Waals surface area contributed by atoms with E-state index in [0.717, 1.165) is 6.42 Å². The summed E-state index contributed by atoms with van der Waals surface area (Å²) in [5.74, 6) is 0.928. The Kier molecular flexibility index (Phi) is 5.68. The van der Waals surface area contributed by atoms with Gasteiger partial charge in [0.15, 0.2) is 6.29 Å². The summed E-state index contributed by atoms with van der Waals surface area (Å²) in [5.41, 5.74) is 0.257. The molecule has 0 fully saturated rings. The first-order chi connectivity index (χ1) is 8.45. The average molecular weight is 290 g/mol. The minimum Gasteiger partial charge on any atom is -0.369 e. The van der Waals surface area contributed by atoms with Crippen LogP contribution in [-0.2, 0) is 10.8 Å². The van der Waals surface area contributed by atoms with E-state index in [4.69, 9.17) is 11.6 Å². The number of hydrogen-bond donors (Lipinski definition) is 1. The SMILES string of the molecule is Cc1nc(Cl)c(C=O)c(NCCC(C)S(C)=O)n1. The van der Waals surface area contributed by atoms with Crippen molar-refractivity contribution in [2.24, 2.45) is 0 Å². The highest BCUT2D eigenvalue weighted by molar-refractivity contribution is 7.84. The number of carbonyl (C=O) groups is 1. The first kappa shape index (κ1) is 15.0. The van der Waals surface area contributed by atoms with Crippen LogP contribution in [0.1, 0.15) is 29.5 Å². The molecule has 2 unspecified atom stereocenters. The number of halogens is 1. The van der Waals surface area contributed by atoms with Crippen LogP contribution >= 0.6 is 11.6 Å². The molecule has 0 aliphatic rings. The topological polar surface area (TPSA) is 72.0 Å². The van der Waals surface area contributed by atoms with E-state index in [2.05, 4.69) is 15.3 Å². The van der Waals surface area contributed by atoms with E-state index in [1.54, 1.807) is 13.2 Å². The highest BCUT2D eigenvalue weighted by Gasteiger charge is 2.11. The number of aldehydes is 1. The minimum absolute atomic E-state index is 0.0931. The standard InChI is InChI=1S/C11H16ClN3O2S/c1-7(18(3)17)4-5-13-11-9(6-16)10(12)14-8(2)15-11/h6-7H,4-5H2,1-3H3,(H,13,14,15). The second-order valence-electron chi connectivity index (χ2n) is 3.97. The number of nitrogens with one attached hydrogen (secondary N) is 1. The van der Waals surface area contributed by atoms with E-state index in [0.29, 0.717) is 24.5 Å². The molecule has 0 amide bonds. The van der Waals surface area contributed by atoms with E-state index in [1.165, 1.54) is 0 Å². The highest BCUT2D eigenvalue weighted by atomic mass is 35.5. The van der Waals surface area contributed by atoms with Crippen LogP contribution in [-0.4, -0.2) is 38.5 Å². The monoisotopic (exact) mass is 289 g/mol. The van der Waals surface area contributed by atoms with Gasteiger partial charge in [-0.1, -0.05) is 18.5 Å². The summed E-state index contributed by atoms with van der Waals surface area (Å²) in [5, 5.41) is 3.27. The Morgan fingerprint density at radius 1 is 1.50 bits per heavy atom. The molecule has 0 spiro atoms. The van der Waals surface area contributed by atoms with Crippen LogP contribution in [0, 0.1) is 6.92 Å². The Bertz CT molecular complexity index is 468. The molecule has 1 aromatic rings. The van der Waals surface area contributed by atoms with Gasteiger partial charge in [0.05, 0.1) is 5.56 Å². The van der Waals surface area contributed by atoms with Gasteiger partial charge in [-0.25, -0.2) is 9.97 Å². The Balaban J connectivity index is 2.72. The molecule has 5 nitrogen and oxygen atoms in total. The predicted molar refractivity (Wildman–Crippen MR) is 73.8 cm³/mol. The van der Waals surface area contributed by atoms with Crippen molar-refractivity contribution in [1.29, 1.82) is 0 Å². The number of aryl methyl sites for hydroxylation is 1. The van der Waals surface area contributed by atoms with Crippen LogP contribution < -0.4 is 5.32 Å². The van der Waals surface area contributed by atoms with Gasteiger partial charge in [0, 0.05) is 28.9 Å². The fraction of sp³-hybridized carbons (Fsp3) is 0.545. The van der Waals surface area contributed by atoms with Gasteiger partial charge < -0.3 is 5.32 Å². The van der Waals surface area contributed by atoms with Crippen molar-refractivity contribution in [2.45, 2.75) is 25.5 Å². The number of nitrogens with zero attached hydrogens (tertiary/aromatic N) is 2. The molecule has 100 valence electrons. The highest BCUT2D eigenvalue weighted by Crippen LogP contribution is 2.19. The molecule has 1 heterocycles. The number of anilines is 1. The van der Waals surface area contributed by atoms with E-state index in [9.17, 15) is 9.00 Å². The second-order valence-corrected chi connectivity index (χ2v) is 6.13. The molecular formula is C11H16ClN3O2S. The first-order valence-electron chi connectivity index (χ1n) is 5.51. The third-order valence-corrected chi connectivity index (χ3v) is 4.20. The van der Waals surface area contributed by atoms with E-state index >= 15 is 0 Å². The van der Waals surface area contributed by atoms with Crippen LogP contribution in [0.15, 0.2) is 0 Å². The molecule has 0 saturated heterocycles. The average Bonchev–Trinajstić information content (AvgIpc) is 2.28. The molecule has 0 aliphatic heterocycles. The lowest BCUT2D eigenvalue weighted by atomic mass is 10.3. The zero-order valence-corrected chi connectivity index (χ0v) is 12.1. The Labute approximate surface area is 114 Å². The van der Waals surface area contributed by atoms with Crippen molar-refractivity contribution in [1.82, 2.24) is 9.97 Å². The van der Waals surface area contributed by atoms with Crippen molar-refractivity contribution in [3.8, 4) is 0 Å². The molecule has 0 aromatic carbocycles. The minimum atomic E-state index is -0.852. The maximum absolute atomic E-state index is 11.2. The van der Waals surface area contributed by atoms with E-state index in [-0.39, 0.29) is 16.0 Å². The van der Waals surface area contributed by atoms with Crippen molar-refractivity contribution < 1.29 is 9.00 Å². The van der Waals surface area contributed by atoms with Crippen LogP contribution in [0.2, 0.25) is 5.15 Å². The number of aromatic nitrogens is 2. The molecule has 0 saturated carbocycles. The number of carbonyl (C=O) groups excluding carboxylic acids is 1. The molecular weight excluding hydrogens is 274 g/mol. The number of hydrogen-bond acceptors (Lipinski definition) is 5. The molecule has 1 rings (SSSR count). The molecule has 0 aliphatic carbocycles. The van der Waals surface area contributed by atoms with Gasteiger partial charge in [0.2, 0.25) is 0 Å². The van der Waals surface area contributed by atoms with Crippen molar-refractivity contribution in [2.75, 3.05) is 18.1 Å². The molecule has 18 heavy (non-hydrogen) atoms. The largest absolute Gasteiger partial charge is 0.369 e. The number of rotatable bonds is 6. The molecule has 0 radical (unpaired) electrons. The van der Waals surface area contributed by atoms with Crippen molar-refractivity contribution in [3.63, 3.8) is 0 Å². The molecule has 1 aromatic heterocycles. The van der Waals surface area contributed by atoms with Crippen molar-refractivity contribution >= 4 is 34.5 Å². The summed E-state index contributed by atoms with van der Waals surface area (Å²) in [7, 11) is -0.852. The van der Waals surface area contributed by atoms with Crippen molar-refractivity contribution in [3.05, 3.63) is 16.5 Å². The van der Waals surface area contributed by atoms with E-state index < -0.39 is 10.8 Å². The molecule has 2 atom stereocenters. The predicted octanol–water partition coefficient (Wildman–Crippen LogP) is 1.82. The molecule has 0 bridgehead atoms. The Morgan fingerprint density at radius 2 is 2.17 bits per heavy atom. The fourth-order valence-electron chi connectivity index (χ4n) is 1.35. The summed E-state index contributed by atoms with van der Waals surface area (Å²) in [6, 6.07) is 0. The second kappa shape index (κ2) is 6.80. The summed E-state index contributed by atoms with van der Waals surface area (Å²) >= 11 is 5.86. The van der Waals surface area contributed by atoms with Gasteiger partial charge in [0.1, 0.15) is 16.8 Å². The van der Waals surface area contributed by atoms with Gasteiger partial charge >= 0.3 is 0 Å². The first-order valence-corrected chi connectivity index (χ1v) is 7.51. The summed E-state index contributed by atoms with van der Waals surface area (Å²) in [6.45, 7) is 4.19.